The minimum atomic E-state index is -0.962. The van der Waals surface area contributed by atoms with Crippen LogP contribution in [0.2, 0.25) is 0 Å². The Labute approximate surface area is 139 Å². The molecule has 1 aromatic heterocycles. The molecule has 0 aromatic carbocycles. The second-order valence-electron chi connectivity index (χ2n) is 5.64. The molecule has 2 heterocycles. The number of thiophene rings is 1. The van der Waals surface area contributed by atoms with Crippen molar-refractivity contribution in [2.24, 2.45) is 0 Å². The lowest BCUT2D eigenvalue weighted by molar-refractivity contribution is -0.142. The van der Waals surface area contributed by atoms with Gasteiger partial charge in [-0.3, -0.25) is 9.59 Å². The Kier molecular flexibility index (Phi) is 6.15. The Morgan fingerprint density at radius 2 is 2.13 bits per heavy atom. The van der Waals surface area contributed by atoms with Gasteiger partial charge < -0.3 is 15.3 Å². The molecule has 0 aliphatic carbocycles. The first kappa shape index (κ1) is 17.5. The average molecular weight is 338 g/mol. The monoisotopic (exact) mass is 338 g/mol. The second kappa shape index (κ2) is 8.10. The predicted octanol–water partition coefficient (Wildman–Crippen LogP) is 2.24. The molecule has 1 saturated heterocycles. The van der Waals surface area contributed by atoms with Crippen LogP contribution in [0.1, 0.15) is 53.6 Å². The smallest absolute Gasteiger partial charge is 0.345 e. The van der Waals surface area contributed by atoms with E-state index in [1.165, 1.54) is 6.07 Å². The van der Waals surface area contributed by atoms with Gasteiger partial charge in [0.05, 0.1) is 6.54 Å². The number of rotatable bonds is 6. The fraction of sp³-hybridized carbons (Fsp3) is 0.562. The molecule has 0 saturated carbocycles. The van der Waals surface area contributed by atoms with Crippen LogP contribution in [0.25, 0.3) is 0 Å². The molecule has 126 valence electrons. The predicted molar refractivity (Wildman–Crippen MR) is 87.4 cm³/mol. The first-order chi connectivity index (χ1) is 11.0. The summed E-state index contributed by atoms with van der Waals surface area (Å²) in [6.45, 7) is 2.88. The van der Waals surface area contributed by atoms with Crippen molar-refractivity contribution in [3.63, 3.8) is 0 Å². The van der Waals surface area contributed by atoms with Gasteiger partial charge in [-0.2, -0.15) is 0 Å². The highest BCUT2D eigenvalue weighted by Gasteiger charge is 2.31. The zero-order valence-electron chi connectivity index (χ0n) is 13.2. The molecule has 7 heteroatoms. The first-order valence-corrected chi connectivity index (χ1v) is 8.73. The zero-order valence-corrected chi connectivity index (χ0v) is 14.0. The van der Waals surface area contributed by atoms with E-state index in [-0.39, 0.29) is 16.7 Å². The van der Waals surface area contributed by atoms with E-state index in [2.05, 4.69) is 5.32 Å². The van der Waals surface area contributed by atoms with Gasteiger partial charge in [-0.25, -0.2) is 4.79 Å². The third kappa shape index (κ3) is 4.54. The van der Waals surface area contributed by atoms with Crippen molar-refractivity contribution in [2.75, 3.05) is 6.54 Å². The van der Waals surface area contributed by atoms with Crippen LogP contribution in [0.4, 0.5) is 0 Å². The van der Waals surface area contributed by atoms with Gasteiger partial charge in [-0.05, 0) is 37.8 Å². The Morgan fingerprint density at radius 3 is 2.78 bits per heavy atom. The molecule has 1 atom stereocenters. The van der Waals surface area contributed by atoms with Crippen LogP contribution in [0, 0.1) is 0 Å². The molecule has 0 radical (unpaired) electrons. The lowest BCUT2D eigenvalue weighted by Crippen LogP contribution is -2.51. The van der Waals surface area contributed by atoms with Crippen LogP contribution in [0.5, 0.6) is 0 Å². The number of hydrogen-bond acceptors (Lipinski definition) is 4. The molecule has 1 aromatic rings. The molecule has 2 N–H and O–H groups in total. The van der Waals surface area contributed by atoms with E-state index in [9.17, 15) is 14.4 Å². The lowest BCUT2D eigenvalue weighted by Gasteiger charge is -2.34. The molecule has 6 nitrogen and oxygen atoms in total. The molecular formula is C16H22N2O4S. The van der Waals surface area contributed by atoms with Crippen LogP contribution >= 0.6 is 11.3 Å². The summed E-state index contributed by atoms with van der Waals surface area (Å²) in [5.74, 6) is -1.08. The molecule has 2 amide bonds. The van der Waals surface area contributed by atoms with Crippen molar-refractivity contribution in [3.8, 4) is 0 Å². The fourth-order valence-electron chi connectivity index (χ4n) is 2.74. The van der Waals surface area contributed by atoms with Crippen LogP contribution in [0.15, 0.2) is 12.1 Å². The van der Waals surface area contributed by atoms with Crippen molar-refractivity contribution in [3.05, 3.63) is 21.9 Å². The van der Waals surface area contributed by atoms with Gasteiger partial charge in [-0.1, -0.05) is 6.92 Å². The van der Waals surface area contributed by atoms with E-state index in [4.69, 9.17) is 5.11 Å². The molecule has 0 bridgehead atoms. The number of likely N-dealkylation sites (tertiary alicyclic amines) is 1. The summed E-state index contributed by atoms with van der Waals surface area (Å²) < 4.78 is 0. The van der Waals surface area contributed by atoms with E-state index in [1.807, 2.05) is 6.92 Å². The van der Waals surface area contributed by atoms with E-state index in [0.717, 1.165) is 35.5 Å². The summed E-state index contributed by atoms with van der Waals surface area (Å²) >= 11 is 1.15. The number of piperidine rings is 1. The molecule has 2 rings (SSSR count). The maximum Gasteiger partial charge on any atom is 0.345 e. The summed E-state index contributed by atoms with van der Waals surface area (Å²) in [6.07, 6.45) is 3.81. The number of carboxylic acid groups (broad SMARTS) is 1. The van der Waals surface area contributed by atoms with Gasteiger partial charge >= 0.3 is 5.97 Å². The van der Waals surface area contributed by atoms with Gasteiger partial charge in [0.15, 0.2) is 0 Å². The van der Waals surface area contributed by atoms with Crippen LogP contribution < -0.4 is 5.32 Å². The van der Waals surface area contributed by atoms with E-state index >= 15 is 0 Å². The number of nitrogens with one attached hydrogen (secondary N) is 1. The summed E-state index contributed by atoms with van der Waals surface area (Å²) in [5, 5.41) is 11.7. The lowest BCUT2D eigenvalue weighted by atomic mass is 10.0. The summed E-state index contributed by atoms with van der Waals surface area (Å²) in [4.78, 5) is 38.2. The molecule has 1 aliphatic rings. The Balaban J connectivity index is 1.94. The molecule has 1 aliphatic heterocycles. The van der Waals surface area contributed by atoms with Crippen molar-refractivity contribution in [2.45, 2.75) is 51.6 Å². The third-order valence-corrected chi connectivity index (χ3v) is 4.97. The highest BCUT2D eigenvalue weighted by atomic mass is 32.1. The topological polar surface area (TPSA) is 86.7 Å². The molecule has 1 fully saturated rings. The maximum atomic E-state index is 12.4. The highest BCUT2D eigenvalue weighted by Crippen LogP contribution is 2.20. The second-order valence-corrected chi connectivity index (χ2v) is 6.81. The average Bonchev–Trinajstić information content (AvgIpc) is 3.02. The molecule has 0 spiro atoms. The molecular weight excluding hydrogens is 316 g/mol. The van der Waals surface area contributed by atoms with Gasteiger partial charge in [-0.15, -0.1) is 11.3 Å². The van der Waals surface area contributed by atoms with Crippen LogP contribution in [-0.2, 0) is 16.1 Å². The molecule has 1 unspecified atom stereocenters. The fourth-order valence-corrected chi connectivity index (χ4v) is 3.53. The first-order valence-electron chi connectivity index (χ1n) is 7.92. The van der Waals surface area contributed by atoms with Gasteiger partial charge in [0.2, 0.25) is 11.8 Å². The van der Waals surface area contributed by atoms with E-state index in [1.54, 1.807) is 11.0 Å². The number of carbonyl (C=O) groups is 3. The molecule has 23 heavy (non-hydrogen) atoms. The Hall–Kier alpha value is -1.89. The summed E-state index contributed by atoms with van der Waals surface area (Å²) in [7, 11) is 0. The van der Waals surface area contributed by atoms with Crippen LogP contribution in [0.3, 0.4) is 0 Å². The summed E-state index contributed by atoms with van der Waals surface area (Å²) in [6, 6.07) is 2.84. The number of nitrogens with zero attached hydrogens (tertiary/aromatic N) is 1. The zero-order chi connectivity index (χ0) is 16.8. The minimum Gasteiger partial charge on any atom is -0.477 e. The van der Waals surface area contributed by atoms with Crippen molar-refractivity contribution >= 4 is 29.1 Å². The van der Waals surface area contributed by atoms with Gasteiger partial charge in [0.1, 0.15) is 10.9 Å². The minimum absolute atomic E-state index is 0.0386. The maximum absolute atomic E-state index is 12.4. The standard InChI is InChI=1S/C16H22N2O4S/c1-2-5-14(19)18-9-4-3-6-12(18)15(20)17-10-11-7-8-13(23-11)16(21)22/h7-8,12H,2-6,9-10H2,1H3,(H,17,20)(H,21,22). The van der Waals surface area contributed by atoms with Crippen molar-refractivity contribution < 1.29 is 19.5 Å². The Bertz CT molecular complexity index is 584. The number of amides is 2. The number of aromatic carboxylic acids is 1. The van der Waals surface area contributed by atoms with Crippen molar-refractivity contribution in [1.29, 1.82) is 0 Å². The quantitative estimate of drug-likeness (QED) is 0.833. The summed E-state index contributed by atoms with van der Waals surface area (Å²) in [5.41, 5.74) is 0. The Morgan fingerprint density at radius 1 is 1.35 bits per heavy atom. The number of hydrogen-bond donors (Lipinski definition) is 2. The largest absolute Gasteiger partial charge is 0.477 e. The van der Waals surface area contributed by atoms with Gasteiger partial charge in [0.25, 0.3) is 0 Å². The SMILES string of the molecule is CCCC(=O)N1CCCCC1C(=O)NCc1ccc(C(=O)O)s1. The highest BCUT2D eigenvalue weighted by molar-refractivity contribution is 7.13. The number of carbonyl (C=O) groups excluding carboxylic acids is 2. The normalized spacial score (nSPS) is 17.8. The van der Waals surface area contributed by atoms with E-state index in [0.29, 0.717) is 25.9 Å². The van der Waals surface area contributed by atoms with Crippen LogP contribution in [-0.4, -0.2) is 40.4 Å². The number of carboxylic acids is 1. The third-order valence-electron chi connectivity index (χ3n) is 3.90. The van der Waals surface area contributed by atoms with Crippen molar-refractivity contribution in [1.82, 2.24) is 10.2 Å². The van der Waals surface area contributed by atoms with Gasteiger partial charge in [0, 0.05) is 17.8 Å². The van der Waals surface area contributed by atoms with E-state index < -0.39 is 12.0 Å².